The Bertz CT molecular complexity index is 271. The van der Waals surface area contributed by atoms with Gasteiger partial charge in [0, 0.05) is 0 Å². The summed E-state index contributed by atoms with van der Waals surface area (Å²) in [7, 11) is 0. The van der Waals surface area contributed by atoms with Crippen molar-refractivity contribution in [3.63, 3.8) is 0 Å². The first-order chi connectivity index (χ1) is 6.24. The SMILES string of the molecule is CCCCCc1ccc(N)c(Cl)c1. The summed E-state index contributed by atoms with van der Waals surface area (Å²) < 4.78 is 0. The largest absolute Gasteiger partial charge is 0.398 e. The molecule has 0 saturated heterocycles. The van der Waals surface area contributed by atoms with Gasteiger partial charge < -0.3 is 5.73 Å². The van der Waals surface area contributed by atoms with E-state index in [-0.39, 0.29) is 0 Å². The van der Waals surface area contributed by atoms with E-state index < -0.39 is 0 Å². The van der Waals surface area contributed by atoms with Gasteiger partial charge in [-0.1, -0.05) is 37.4 Å². The number of hydrogen-bond donors (Lipinski definition) is 1. The maximum absolute atomic E-state index is 5.90. The zero-order chi connectivity index (χ0) is 9.68. The van der Waals surface area contributed by atoms with Gasteiger partial charge in [-0.15, -0.1) is 0 Å². The minimum Gasteiger partial charge on any atom is -0.398 e. The lowest BCUT2D eigenvalue weighted by Gasteiger charge is -2.03. The van der Waals surface area contributed by atoms with Crippen LogP contribution >= 0.6 is 11.6 Å². The number of halogens is 1. The van der Waals surface area contributed by atoms with Gasteiger partial charge in [0.25, 0.3) is 0 Å². The molecule has 0 aliphatic rings. The number of benzene rings is 1. The van der Waals surface area contributed by atoms with Gasteiger partial charge in [0.1, 0.15) is 0 Å². The molecule has 0 atom stereocenters. The van der Waals surface area contributed by atoms with Crippen LogP contribution in [0.25, 0.3) is 0 Å². The van der Waals surface area contributed by atoms with Crippen LogP contribution in [-0.2, 0) is 6.42 Å². The molecule has 1 aromatic rings. The molecule has 0 unspecified atom stereocenters. The first kappa shape index (κ1) is 10.4. The summed E-state index contributed by atoms with van der Waals surface area (Å²) >= 11 is 5.90. The number of aryl methyl sites for hydroxylation is 1. The average molecular weight is 198 g/mol. The van der Waals surface area contributed by atoms with Gasteiger partial charge in [-0.05, 0) is 30.5 Å². The summed E-state index contributed by atoms with van der Waals surface area (Å²) in [5, 5.41) is 0.675. The topological polar surface area (TPSA) is 26.0 Å². The van der Waals surface area contributed by atoms with Gasteiger partial charge >= 0.3 is 0 Å². The molecule has 1 rings (SSSR count). The second kappa shape index (κ2) is 5.13. The predicted molar refractivity (Wildman–Crippen MR) is 59.1 cm³/mol. The molecule has 0 radical (unpaired) electrons. The van der Waals surface area contributed by atoms with E-state index in [9.17, 15) is 0 Å². The minimum absolute atomic E-state index is 0.668. The second-order valence-electron chi connectivity index (χ2n) is 3.31. The highest BCUT2D eigenvalue weighted by molar-refractivity contribution is 6.33. The maximum atomic E-state index is 5.90. The minimum atomic E-state index is 0.668. The maximum Gasteiger partial charge on any atom is 0.0638 e. The van der Waals surface area contributed by atoms with Crippen molar-refractivity contribution in [1.29, 1.82) is 0 Å². The first-order valence-electron chi connectivity index (χ1n) is 4.78. The molecule has 2 N–H and O–H groups in total. The van der Waals surface area contributed by atoms with Crippen molar-refractivity contribution in [2.24, 2.45) is 0 Å². The molecule has 0 saturated carbocycles. The third-order valence-corrected chi connectivity index (χ3v) is 2.46. The number of unbranched alkanes of at least 4 members (excludes halogenated alkanes) is 2. The van der Waals surface area contributed by atoms with Crippen LogP contribution in [0.3, 0.4) is 0 Å². The molecule has 0 spiro atoms. The van der Waals surface area contributed by atoms with E-state index in [0.29, 0.717) is 10.7 Å². The molecule has 0 aliphatic carbocycles. The predicted octanol–water partition coefficient (Wildman–Crippen LogP) is 3.65. The number of nitrogens with two attached hydrogens (primary N) is 1. The molecule has 0 bridgehead atoms. The van der Waals surface area contributed by atoms with Crippen LogP contribution in [0.2, 0.25) is 5.02 Å². The molecular weight excluding hydrogens is 182 g/mol. The monoisotopic (exact) mass is 197 g/mol. The van der Waals surface area contributed by atoms with Crippen LogP contribution in [0.4, 0.5) is 5.69 Å². The van der Waals surface area contributed by atoms with Gasteiger partial charge in [-0.2, -0.15) is 0 Å². The molecule has 0 fully saturated rings. The molecule has 72 valence electrons. The Morgan fingerprint density at radius 2 is 2.08 bits per heavy atom. The second-order valence-corrected chi connectivity index (χ2v) is 3.72. The van der Waals surface area contributed by atoms with Crippen LogP contribution < -0.4 is 5.73 Å². The number of rotatable bonds is 4. The summed E-state index contributed by atoms with van der Waals surface area (Å²) in [4.78, 5) is 0. The molecule has 0 aromatic heterocycles. The van der Waals surface area contributed by atoms with Crippen molar-refractivity contribution in [2.75, 3.05) is 5.73 Å². The van der Waals surface area contributed by atoms with E-state index in [4.69, 9.17) is 17.3 Å². The fourth-order valence-electron chi connectivity index (χ4n) is 1.31. The van der Waals surface area contributed by atoms with Gasteiger partial charge in [-0.3, -0.25) is 0 Å². The van der Waals surface area contributed by atoms with E-state index in [1.807, 2.05) is 12.1 Å². The first-order valence-corrected chi connectivity index (χ1v) is 5.15. The van der Waals surface area contributed by atoms with Gasteiger partial charge in [0.2, 0.25) is 0 Å². The van der Waals surface area contributed by atoms with Crippen LogP contribution in [-0.4, -0.2) is 0 Å². The standard InChI is InChI=1S/C11H16ClN/c1-2-3-4-5-9-6-7-11(13)10(12)8-9/h6-8H,2-5,13H2,1H3. The third-order valence-electron chi connectivity index (χ3n) is 2.13. The van der Waals surface area contributed by atoms with Gasteiger partial charge in [0.15, 0.2) is 0 Å². The van der Waals surface area contributed by atoms with E-state index >= 15 is 0 Å². The molecule has 1 nitrogen and oxygen atoms in total. The van der Waals surface area contributed by atoms with Crippen LogP contribution in [0, 0.1) is 0 Å². The molecular formula is C11H16ClN. The number of hydrogen-bond acceptors (Lipinski definition) is 1. The van der Waals surface area contributed by atoms with Crippen molar-refractivity contribution >= 4 is 17.3 Å². The van der Waals surface area contributed by atoms with Gasteiger partial charge in [-0.25, -0.2) is 0 Å². The Kier molecular flexibility index (Phi) is 4.10. The fourth-order valence-corrected chi connectivity index (χ4v) is 1.51. The van der Waals surface area contributed by atoms with Crippen molar-refractivity contribution in [3.05, 3.63) is 28.8 Å². The van der Waals surface area contributed by atoms with Crippen LogP contribution in [0.1, 0.15) is 31.7 Å². The number of anilines is 1. The lowest BCUT2D eigenvalue weighted by Crippen LogP contribution is -1.89. The summed E-state index contributed by atoms with van der Waals surface area (Å²) in [6, 6.07) is 5.90. The molecule has 0 heterocycles. The summed E-state index contributed by atoms with van der Waals surface area (Å²) in [6.07, 6.45) is 4.87. The Labute approximate surface area is 84.9 Å². The Morgan fingerprint density at radius 3 is 2.69 bits per heavy atom. The zero-order valence-electron chi connectivity index (χ0n) is 8.02. The molecule has 13 heavy (non-hydrogen) atoms. The van der Waals surface area contributed by atoms with Crippen molar-refractivity contribution < 1.29 is 0 Å². The Morgan fingerprint density at radius 1 is 1.31 bits per heavy atom. The molecule has 2 heteroatoms. The Balaban J connectivity index is 2.53. The van der Waals surface area contributed by atoms with E-state index in [2.05, 4.69) is 13.0 Å². The molecule has 0 amide bonds. The molecule has 1 aromatic carbocycles. The molecule has 0 aliphatic heterocycles. The Hall–Kier alpha value is -0.690. The third kappa shape index (κ3) is 3.27. The zero-order valence-corrected chi connectivity index (χ0v) is 8.77. The lowest BCUT2D eigenvalue weighted by molar-refractivity contribution is 0.717. The summed E-state index contributed by atoms with van der Waals surface area (Å²) in [6.45, 7) is 2.20. The highest BCUT2D eigenvalue weighted by Gasteiger charge is 1.97. The lowest BCUT2D eigenvalue weighted by atomic mass is 10.1. The van der Waals surface area contributed by atoms with E-state index in [1.54, 1.807) is 0 Å². The summed E-state index contributed by atoms with van der Waals surface area (Å²) in [5.74, 6) is 0. The highest BCUT2D eigenvalue weighted by Crippen LogP contribution is 2.20. The number of nitrogen functional groups attached to an aromatic ring is 1. The van der Waals surface area contributed by atoms with Crippen molar-refractivity contribution in [3.8, 4) is 0 Å². The van der Waals surface area contributed by atoms with Crippen LogP contribution in [0.5, 0.6) is 0 Å². The van der Waals surface area contributed by atoms with E-state index in [0.717, 1.165) is 6.42 Å². The van der Waals surface area contributed by atoms with Gasteiger partial charge in [0.05, 0.1) is 10.7 Å². The smallest absolute Gasteiger partial charge is 0.0638 e. The summed E-state index contributed by atoms with van der Waals surface area (Å²) in [5.41, 5.74) is 7.56. The quantitative estimate of drug-likeness (QED) is 0.579. The normalized spacial score (nSPS) is 10.3. The van der Waals surface area contributed by atoms with Crippen molar-refractivity contribution in [1.82, 2.24) is 0 Å². The highest BCUT2D eigenvalue weighted by atomic mass is 35.5. The van der Waals surface area contributed by atoms with Crippen LogP contribution in [0.15, 0.2) is 18.2 Å². The fraction of sp³-hybridized carbons (Fsp3) is 0.455. The van der Waals surface area contributed by atoms with Crippen molar-refractivity contribution in [2.45, 2.75) is 32.6 Å². The average Bonchev–Trinajstić information content (AvgIpc) is 2.12. The van der Waals surface area contributed by atoms with E-state index in [1.165, 1.54) is 24.8 Å².